The number of likely N-dealkylation sites (tertiary alicyclic amines) is 1. The van der Waals surface area contributed by atoms with Crippen LogP contribution in [0.15, 0.2) is 29.3 Å². The number of guanidine groups is 1. The number of rotatable bonds is 5. The van der Waals surface area contributed by atoms with E-state index >= 15 is 0 Å². The number of β-amino-alcohol motifs (C(OH)–C–C–N with tert-alkyl or cyclic N) is 1. The molecule has 0 unspecified atom stereocenters. The summed E-state index contributed by atoms with van der Waals surface area (Å²) in [7, 11) is 0. The van der Waals surface area contributed by atoms with Gasteiger partial charge in [-0.1, -0.05) is 24.3 Å². The number of fused-ring (bicyclic) bond motifs is 1. The van der Waals surface area contributed by atoms with Gasteiger partial charge in [0, 0.05) is 45.7 Å². The van der Waals surface area contributed by atoms with Gasteiger partial charge in [-0.3, -0.25) is 9.79 Å². The Morgan fingerprint density at radius 3 is 2.60 bits per heavy atom. The van der Waals surface area contributed by atoms with Crippen molar-refractivity contribution in [1.82, 2.24) is 15.1 Å². The quantitative estimate of drug-likeness (QED) is 0.481. The van der Waals surface area contributed by atoms with Crippen LogP contribution in [0.25, 0.3) is 0 Å². The standard InChI is InChI=1S/C19H28N4O2/c1-2-20-19(22-11-9-17(24)14-22)21-10-5-8-18(25)23-12-15-6-3-4-7-16(15)13-23/h3-4,6-7,17,24H,2,5,8-14H2,1H3,(H,20,21)/t17-/m1/s1. The van der Waals surface area contributed by atoms with E-state index in [2.05, 4.69) is 27.3 Å². The van der Waals surface area contributed by atoms with Gasteiger partial charge in [-0.15, -0.1) is 0 Å². The third-order valence-electron chi connectivity index (χ3n) is 4.80. The van der Waals surface area contributed by atoms with Crippen LogP contribution < -0.4 is 5.32 Å². The van der Waals surface area contributed by atoms with Gasteiger partial charge < -0.3 is 20.2 Å². The second kappa shape index (κ2) is 8.34. The van der Waals surface area contributed by atoms with Crippen LogP contribution >= 0.6 is 0 Å². The zero-order valence-electron chi connectivity index (χ0n) is 14.9. The first kappa shape index (κ1) is 17.7. The summed E-state index contributed by atoms with van der Waals surface area (Å²) in [6.45, 7) is 6.39. The minimum Gasteiger partial charge on any atom is -0.391 e. The number of aliphatic imine (C=N–C) groups is 1. The van der Waals surface area contributed by atoms with Crippen molar-refractivity contribution in [1.29, 1.82) is 0 Å². The van der Waals surface area contributed by atoms with Crippen LogP contribution in [0, 0.1) is 0 Å². The monoisotopic (exact) mass is 344 g/mol. The maximum Gasteiger partial charge on any atom is 0.223 e. The van der Waals surface area contributed by atoms with Crippen molar-refractivity contribution in [3.8, 4) is 0 Å². The van der Waals surface area contributed by atoms with Crippen molar-refractivity contribution in [2.45, 2.75) is 45.4 Å². The minimum absolute atomic E-state index is 0.202. The molecule has 1 atom stereocenters. The Morgan fingerprint density at radius 1 is 1.28 bits per heavy atom. The summed E-state index contributed by atoms with van der Waals surface area (Å²) in [5.41, 5.74) is 2.52. The van der Waals surface area contributed by atoms with Crippen LogP contribution in [0.2, 0.25) is 0 Å². The summed E-state index contributed by atoms with van der Waals surface area (Å²) in [5, 5.41) is 13.0. The van der Waals surface area contributed by atoms with E-state index < -0.39 is 0 Å². The molecule has 1 aromatic rings. The molecule has 2 heterocycles. The Bertz CT molecular complexity index is 607. The van der Waals surface area contributed by atoms with E-state index in [0.717, 1.165) is 45.0 Å². The molecule has 1 fully saturated rings. The van der Waals surface area contributed by atoms with E-state index in [1.54, 1.807) is 0 Å². The number of aliphatic hydroxyl groups is 1. The molecular formula is C19H28N4O2. The van der Waals surface area contributed by atoms with E-state index in [1.165, 1.54) is 11.1 Å². The number of aliphatic hydroxyl groups excluding tert-OH is 1. The highest BCUT2D eigenvalue weighted by Crippen LogP contribution is 2.22. The van der Waals surface area contributed by atoms with Gasteiger partial charge >= 0.3 is 0 Å². The number of nitrogens with zero attached hydrogens (tertiary/aromatic N) is 3. The molecule has 0 radical (unpaired) electrons. The molecule has 0 saturated carbocycles. The third-order valence-corrected chi connectivity index (χ3v) is 4.80. The highest BCUT2D eigenvalue weighted by atomic mass is 16.3. The number of hydrogen-bond donors (Lipinski definition) is 2. The van der Waals surface area contributed by atoms with Gasteiger partial charge in [-0.05, 0) is 30.9 Å². The minimum atomic E-state index is -0.262. The van der Waals surface area contributed by atoms with E-state index in [-0.39, 0.29) is 12.0 Å². The van der Waals surface area contributed by atoms with E-state index in [0.29, 0.717) is 19.5 Å². The molecule has 2 aliphatic heterocycles. The Balaban J connectivity index is 1.45. The average molecular weight is 344 g/mol. The topological polar surface area (TPSA) is 68.2 Å². The molecule has 6 heteroatoms. The fraction of sp³-hybridized carbons (Fsp3) is 0.579. The molecule has 1 aromatic carbocycles. The maximum atomic E-state index is 12.4. The molecular weight excluding hydrogens is 316 g/mol. The van der Waals surface area contributed by atoms with Crippen molar-refractivity contribution in [3.63, 3.8) is 0 Å². The highest BCUT2D eigenvalue weighted by molar-refractivity contribution is 5.80. The summed E-state index contributed by atoms with van der Waals surface area (Å²) in [6, 6.07) is 8.25. The Hall–Kier alpha value is -2.08. The van der Waals surface area contributed by atoms with Crippen molar-refractivity contribution in [2.24, 2.45) is 4.99 Å². The molecule has 136 valence electrons. The Kier molecular flexibility index (Phi) is 5.91. The van der Waals surface area contributed by atoms with E-state index in [9.17, 15) is 9.90 Å². The number of hydrogen-bond acceptors (Lipinski definition) is 3. The molecule has 0 aromatic heterocycles. The van der Waals surface area contributed by atoms with Crippen LogP contribution in [0.1, 0.15) is 37.3 Å². The Morgan fingerprint density at radius 2 is 2.00 bits per heavy atom. The molecule has 0 bridgehead atoms. The normalized spacial score (nSPS) is 20.1. The fourth-order valence-corrected chi connectivity index (χ4v) is 3.44. The van der Waals surface area contributed by atoms with Crippen LogP contribution in [0.4, 0.5) is 0 Å². The van der Waals surface area contributed by atoms with Crippen molar-refractivity contribution in [2.75, 3.05) is 26.2 Å². The first-order valence-electron chi connectivity index (χ1n) is 9.23. The van der Waals surface area contributed by atoms with Gasteiger partial charge in [0.25, 0.3) is 0 Å². The summed E-state index contributed by atoms with van der Waals surface area (Å²) in [5.74, 6) is 1.05. The van der Waals surface area contributed by atoms with Gasteiger partial charge in [0.05, 0.1) is 6.10 Å². The summed E-state index contributed by atoms with van der Waals surface area (Å²) < 4.78 is 0. The lowest BCUT2D eigenvalue weighted by Crippen LogP contribution is -2.40. The SMILES string of the molecule is CCNC(=NCCCC(=O)N1Cc2ccccc2C1)N1CC[C@@H](O)C1. The lowest BCUT2D eigenvalue weighted by Gasteiger charge is -2.21. The molecule has 1 saturated heterocycles. The number of nitrogens with one attached hydrogen (secondary N) is 1. The summed E-state index contributed by atoms with van der Waals surface area (Å²) >= 11 is 0. The van der Waals surface area contributed by atoms with Gasteiger partial charge in [-0.2, -0.15) is 0 Å². The Labute approximate surface area is 149 Å². The van der Waals surface area contributed by atoms with Gasteiger partial charge in [0.2, 0.25) is 5.91 Å². The smallest absolute Gasteiger partial charge is 0.223 e. The molecule has 0 aliphatic carbocycles. The third kappa shape index (κ3) is 4.51. The zero-order valence-corrected chi connectivity index (χ0v) is 14.9. The highest BCUT2D eigenvalue weighted by Gasteiger charge is 2.23. The zero-order chi connectivity index (χ0) is 17.6. The largest absolute Gasteiger partial charge is 0.391 e. The first-order chi connectivity index (χ1) is 12.2. The van der Waals surface area contributed by atoms with Crippen LogP contribution in [0.3, 0.4) is 0 Å². The predicted molar refractivity (Wildman–Crippen MR) is 98.1 cm³/mol. The molecule has 0 spiro atoms. The molecule has 25 heavy (non-hydrogen) atoms. The molecule has 1 amide bonds. The average Bonchev–Trinajstić information content (AvgIpc) is 3.23. The van der Waals surface area contributed by atoms with Gasteiger partial charge in [-0.25, -0.2) is 0 Å². The summed E-state index contributed by atoms with van der Waals surface area (Å²) in [6.07, 6.45) is 1.80. The summed E-state index contributed by atoms with van der Waals surface area (Å²) in [4.78, 5) is 21.0. The molecule has 2 N–H and O–H groups in total. The fourth-order valence-electron chi connectivity index (χ4n) is 3.44. The second-order valence-electron chi connectivity index (χ2n) is 6.75. The second-order valence-corrected chi connectivity index (χ2v) is 6.75. The van der Waals surface area contributed by atoms with Gasteiger partial charge in [0.15, 0.2) is 5.96 Å². The first-order valence-corrected chi connectivity index (χ1v) is 9.23. The molecule has 2 aliphatic rings. The number of benzene rings is 1. The van der Waals surface area contributed by atoms with Crippen LogP contribution in [-0.4, -0.2) is 59.1 Å². The van der Waals surface area contributed by atoms with Crippen molar-refractivity contribution in [3.05, 3.63) is 35.4 Å². The van der Waals surface area contributed by atoms with E-state index in [4.69, 9.17) is 0 Å². The maximum absolute atomic E-state index is 12.4. The van der Waals surface area contributed by atoms with Crippen LogP contribution in [-0.2, 0) is 17.9 Å². The van der Waals surface area contributed by atoms with Crippen molar-refractivity contribution < 1.29 is 9.90 Å². The number of carbonyl (C=O) groups excluding carboxylic acids is 1. The predicted octanol–water partition coefficient (Wildman–Crippen LogP) is 1.34. The van der Waals surface area contributed by atoms with Crippen LogP contribution in [0.5, 0.6) is 0 Å². The van der Waals surface area contributed by atoms with E-state index in [1.807, 2.05) is 24.0 Å². The van der Waals surface area contributed by atoms with Gasteiger partial charge in [0.1, 0.15) is 0 Å². The number of amides is 1. The molecule has 6 nitrogen and oxygen atoms in total. The number of carbonyl (C=O) groups is 1. The lowest BCUT2D eigenvalue weighted by molar-refractivity contribution is -0.131. The lowest BCUT2D eigenvalue weighted by atomic mass is 10.1. The van der Waals surface area contributed by atoms with Crippen molar-refractivity contribution >= 4 is 11.9 Å². The molecule has 3 rings (SSSR count).